The lowest BCUT2D eigenvalue weighted by molar-refractivity contribution is -0.141. The molecule has 0 unspecified atom stereocenters. The second kappa shape index (κ2) is 7.61. The Kier molecular flexibility index (Phi) is 5.02. The molecule has 0 bridgehead atoms. The van der Waals surface area contributed by atoms with Crippen molar-refractivity contribution in [2.75, 3.05) is 18.6 Å². The molecule has 4 heterocycles. The predicted octanol–water partition coefficient (Wildman–Crippen LogP) is 3.13. The number of piperidine rings is 1. The Labute approximate surface area is 163 Å². The van der Waals surface area contributed by atoms with Crippen molar-refractivity contribution in [3.05, 3.63) is 36.2 Å². The molecule has 0 aliphatic carbocycles. The van der Waals surface area contributed by atoms with Crippen molar-refractivity contribution >= 4 is 22.8 Å². The fourth-order valence-electron chi connectivity index (χ4n) is 3.84. The Hall–Kier alpha value is -2.90. The van der Waals surface area contributed by atoms with Crippen LogP contribution in [0.4, 0.5) is 5.82 Å². The van der Waals surface area contributed by atoms with Crippen molar-refractivity contribution in [2.45, 2.75) is 45.7 Å². The number of aryl methyl sites for hydroxylation is 1. The molecule has 3 aromatic rings. The fraction of sp³-hybridized carbons (Fsp3) is 0.500. The van der Waals surface area contributed by atoms with E-state index in [0.29, 0.717) is 11.6 Å². The first-order chi connectivity index (χ1) is 13.6. The molecule has 0 saturated carbocycles. The molecule has 0 spiro atoms. The van der Waals surface area contributed by atoms with Crippen molar-refractivity contribution in [1.82, 2.24) is 19.7 Å². The zero-order valence-corrected chi connectivity index (χ0v) is 16.5. The van der Waals surface area contributed by atoms with E-state index in [2.05, 4.69) is 45.9 Å². The molecule has 0 aromatic carbocycles. The van der Waals surface area contributed by atoms with Crippen LogP contribution in [0.3, 0.4) is 0 Å². The van der Waals surface area contributed by atoms with E-state index in [0.717, 1.165) is 48.5 Å². The van der Waals surface area contributed by atoms with E-state index in [9.17, 15) is 4.79 Å². The summed E-state index contributed by atoms with van der Waals surface area (Å²) in [7, 11) is 1.36. The lowest BCUT2D eigenvalue weighted by Crippen LogP contribution is -2.36. The van der Waals surface area contributed by atoms with E-state index >= 15 is 0 Å². The van der Waals surface area contributed by atoms with Gasteiger partial charge in [0.25, 0.3) is 0 Å². The van der Waals surface area contributed by atoms with Crippen molar-refractivity contribution in [2.24, 2.45) is 5.92 Å². The topological polar surface area (TPSA) is 86.3 Å². The van der Waals surface area contributed by atoms with Crippen LogP contribution in [0.2, 0.25) is 0 Å². The Bertz CT molecular complexity index is 979. The van der Waals surface area contributed by atoms with Crippen LogP contribution in [0.15, 0.2) is 29.1 Å². The Morgan fingerprint density at radius 2 is 2.21 bits per heavy atom. The Balaban J connectivity index is 1.73. The number of aromatic nitrogens is 4. The Morgan fingerprint density at radius 1 is 1.36 bits per heavy atom. The highest BCUT2D eigenvalue weighted by Crippen LogP contribution is 2.39. The minimum absolute atomic E-state index is 0.0228. The third-order valence-electron chi connectivity index (χ3n) is 5.42. The van der Waals surface area contributed by atoms with Crippen molar-refractivity contribution in [3.8, 4) is 0 Å². The quantitative estimate of drug-likeness (QED) is 0.626. The van der Waals surface area contributed by atoms with Crippen LogP contribution in [-0.2, 0) is 22.5 Å². The van der Waals surface area contributed by atoms with Crippen LogP contribution in [-0.4, -0.2) is 39.4 Å². The lowest BCUT2D eigenvalue weighted by Gasteiger charge is -2.38. The summed E-state index contributed by atoms with van der Waals surface area (Å²) in [6.45, 7) is 5.27. The number of carbonyl (C=O) groups excluding carboxylic acids is 1. The highest BCUT2D eigenvalue weighted by molar-refractivity contribution is 5.87. The summed E-state index contributed by atoms with van der Waals surface area (Å²) in [6, 6.07) is 4.25. The van der Waals surface area contributed by atoms with Crippen LogP contribution in [0.5, 0.6) is 0 Å². The monoisotopic (exact) mass is 383 g/mol. The minimum atomic E-state index is -0.363. The number of nitrogens with zero attached hydrogens (tertiary/aromatic N) is 5. The number of esters is 1. The molecule has 0 amide bonds. The standard InChI is InChI=1S/C20H25N5O3/c1-4-14-5-6-17(28-14)16-9-13(2)7-8-24(16)19-15-10-23-25(11-18(26)27-3)20(15)22-12-21-19/h5-6,10,12-13,16H,4,7-9,11H2,1-3H3/t13-,16-/m0/s1. The maximum absolute atomic E-state index is 11.7. The molecule has 4 rings (SSSR count). The van der Waals surface area contributed by atoms with Crippen LogP contribution >= 0.6 is 0 Å². The summed E-state index contributed by atoms with van der Waals surface area (Å²) in [4.78, 5) is 22.9. The molecular formula is C20H25N5O3. The van der Waals surface area contributed by atoms with Gasteiger partial charge in [0, 0.05) is 13.0 Å². The number of anilines is 1. The van der Waals surface area contributed by atoms with Crippen LogP contribution in [0.25, 0.3) is 11.0 Å². The molecule has 3 aromatic heterocycles. The molecule has 1 aliphatic rings. The van der Waals surface area contributed by atoms with Gasteiger partial charge in [-0.3, -0.25) is 4.79 Å². The highest BCUT2D eigenvalue weighted by atomic mass is 16.5. The SMILES string of the molecule is CCc1ccc([C@@H]2C[C@@H](C)CCN2c2ncnc3c2cnn3CC(=O)OC)o1. The first kappa shape index (κ1) is 18.5. The Morgan fingerprint density at radius 3 is 2.96 bits per heavy atom. The van der Waals surface area contributed by atoms with Gasteiger partial charge in [0.05, 0.1) is 24.7 Å². The summed E-state index contributed by atoms with van der Waals surface area (Å²) < 4.78 is 12.4. The van der Waals surface area contributed by atoms with E-state index in [1.807, 2.05) is 0 Å². The van der Waals surface area contributed by atoms with Gasteiger partial charge < -0.3 is 14.1 Å². The van der Waals surface area contributed by atoms with Gasteiger partial charge in [0.15, 0.2) is 5.65 Å². The predicted molar refractivity (Wildman–Crippen MR) is 104 cm³/mol. The van der Waals surface area contributed by atoms with E-state index in [1.165, 1.54) is 13.4 Å². The number of rotatable bonds is 5. The highest BCUT2D eigenvalue weighted by Gasteiger charge is 2.32. The van der Waals surface area contributed by atoms with Crippen molar-refractivity contribution < 1.29 is 13.9 Å². The van der Waals surface area contributed by atoms with Gasteiger partial charge in [-0.15, -0.1) is 0 Å². The van der Waals surface area contributed by atoms with E-state index in [-0.39, 0.29) is 18.6 Å². The van der Waals surface area contributed by atoms with Crippen molar-refractivity contribution in [3.63, 3.8) is 0 Å². The second-order valence-electron chi connectivity index (χ2n) is 7.31. The lowest BCUT2D eigenvalue weighted by atomic mass is 9.91. The summed E-state index contributed by atoms with van der Waals surface area (Å²) >= 11 is 0. The van der Waals surface area contributed by atoms with Gasteiger partial charge in [-0.1, -0.05) is 13.8 Å². The molecule has 1 fully saturated rings. The average molecular weight is 383 g/mol. The molecule has 148 valence electrons. The zero-order chi connectivity index (χ0) is 19.7. The molecule has 28 heavy (non-hydrogen) atoms. The maximum atomic E-state index is 11.7. The second-order valence-corrected chi connectivity index (χ2v) is 7.31. The number of hydrogen-bond acceptors (Lipinski definition) is 7. The minimum Gasteiger partial charge on any atom is -0.468 e. The summed E-state index contributed by atoms with van der Waals surface area (Å²) in [5, 5.41) is 5.16. The molecule has 0 N–H and O–H groups in total. The maximum Gasteiger partial charge on any atom is 0.327 e. The molecular weight excluding hydrogens is 358 g/mol. The van der Waals surface area contributed by atoms with Crippen LogP contribution < -0.4 is 4.90 Å². The molecule has 0 radical (unpaired) electrons. The number of furan rings is 1. The van der Waals surface area contributed by atoms with Gasteiger partial charge >= 0.3 is 5.97 Å². The van der Waals surface area contributed by atoms with Gasteiger partial charge in [0.2, 0.25) is 0 Å². The van der Waals surface area contributed by atoms with Gasteiger partial charge in [0.1, 0.15) is 30.2 Å². The molecule has 8 nitrogen and oxygen atoms in total. The smallest absolute Gasteiger partial charge is 0.327 e. The summed E-state index contributed by atoms with van der Waals surface area (Å²) in [6.07, 6.45) is 6.21. The number of methoxy groups -OCH3 is 1. The van der Waals surface area contributed by atoms with Crippen molar-refractivity contribution in [1.29, 1.82) is 0 Å². The number of carbonyl (C=O) groups is 1. The van der Waals surface area contributed by atoms with Gasteiger partial charge in [-0.2, -0.15) is 5.10 Å². The zero-order valence-electron chi connectivity index (χ0n) is 16.5. The van der Waals surface area contributed by atoms with E-state index in [4.69, 9.17) is 9.15 Å². The third-order valence-corrected chi connectivity index (χ3v) is 5.42. The van der Waals surface area contributed by atoms with Crippen LogP contribution in [0, 0.1) is 5.92 Å². The third kappa shape index (κ3) is 3.34. The summed E-state index contributed by atoms with van der Waals surface area (Å²) in [5.74, 6) is 3.03. The molecule has 1 aliphatic heterocycles. The first-order valence-electron chi connectivity index (χ1n) is 9.69. The molecule has 1 saturated heterocycles. The van der Waals surface area contributed by atoms with Gasteiger partial charge in [-0.25, -0.2) is 14.6 Å². The number of fused-ring (bicyclic) bond motifs is 1. The largest absolute Gasteiger partial charge is 0.468 e. The molecule has 8 heteroatoms. The fourth-order valence-corrected chi connectivity index (χ4v) is 3.84. The van der Waals surface area contributed by atoms with E-state index < -0.39 is 0 Å². The number of ether oxygens (including phenoxy) is 1. The van der Waals surface area contributed by atoms with Gasteiger partial charge in [-0.05, 0) is 30.9 Å². The average Bonchev–Trinajstić information content (AvgIpc) is 3.35. The normalized spacial score (nSPS) is 19.9. The molecule has 2 atom stereocenters. The summed E-state index contributed by atoms with van der Waals surface area (Å²) in [5.41, 5.74) is 0.626. The number of hydrogen-bond donors (Lipinski definition) is 0. The van der Waals surface area contributed by atoms with E-state index in [1.54, 1.807) is 10.9 Å². The van der Waals surface area contributed by atoms with Crippen LogP contribution in [0.1, 0.15) is 44.3 Å². The first-order valence-corrected chi connectivity index (χ1v) is 9.69.